The van der Waals surface area contributed by atoms with Crippen molar-refractivity contribution in [1.29, 1.82) is 0 Å². The fraction of sp³-hybridized carbons (Fsp3) is 0.667. The highest BCUT2D eigenvalue weighted by Gasteiger charge is 2.22. The van der Waals surface area contributed by atoms with Crippen molar-refractivity contribution in [2.75, 3.05) is 13.1 Å². The molecule has 1 unspecified atom stereocenters. The molecule has 1 heterocycles. The number of nitrogens with zero attached hydrogens (tertiary/aromatic N) is 1. The maximum absolute atomic E-state index is 3.47. The van der Waals surface area contributed by atoms with Crippen LogP contribution in [0.15, 0.2) is 24.3 Å². The summed E-state index contributed by atoms with van der Waals surface area (Å²) in [7, 11) is 0. The number of likely N-dealkylation sites (tertiary alicyclic amines) is 1. The zero-order valence-corrected chi connectivity index (χ0v) is 13.4. The van der Waals surface area contributed by atoms with Crippen molar-refractivity contribution < 1.29 is 0 Å². The lowest BCUT2D eigenvalue weighted by atomic mass is 10.1. The highest BCUT2D eigenvalue weighted by molar-refractivity contribution is 5.23. The fourth-order valence-electron chi connectivity index (χ4n) is 3.12. The van der Waals surface area contributed by atoms with Crippen LogP contribution < -0.4 is 5.32 Å². The Morgan fingerprint density at radius 3 is 2.55 bits per heavy atom. The Morgan fingerprint density at radius 1 is 1.20 bits per heavy atom. The highest BCUT2D eigenvalue weighted by Crippen LogP contribution is 2.22. The molecule has 1 aromatic carbocycles. The lowest BCUT2D eigenvalue weighted by molar-refractivity contribution is 0.240. The zero-order valence-electron chi connectivity index (χ0n) is 13.4. The van der Waals surface area contributed by atoms with E-state index in [9.17, 15) is 0 Å². The van der Waals surface area contributed by atoms with E-state index in [1.807, 2.05) is 0 Å². The quantitative estimate of drug-likeness (QED) is 0.817. The minimum absolute atomic E-state index is 0.579. The van der Waals surface area contributed by atoms with Crippen LogP contribution in [0.1, 0.15) is 51.2 Å². The van der Waals surface area contributed by atoms with Gasteiger partial charge < -0.3 is 5.32 Å². The van der Waals surface area contributed by atoms with Gasteiger partial charge in [-0.25, -0.2) is 0 Å². The molecular weight excluding hydrogens is 244 g/mol. The second-order valence-corrected chi connectivity index (χ2v) is 6.35. The molecule has 0 spiro atoms. The van der Waals surface area contributed by atoms with Gasteiger partial charge in [0, 0.05) is 18.6 Å². The first kappa shape index (κ1) is 15.5. The van der Waals surface area contributed by atoms with Gasteiger partial charge >= 0.3 is 0 Å². The normalized spacial score (nSPS) is 19.9. The summed E-state index contributed by atoms with van der Waals surface area (Å²) in [6, 6.07) is 10.6. The second-order valence-electron chi connectivity index (χ2n) is 6.35. The fourth-order valence-corrected chi connectivity index (χ4v) is 3.12. The lowest BCUT2D eigenvalue weighted by Crippen LogP contribution is -2.28. The van der Waals surface area contributed by atoms with Gasteiger partial charge in [0.15, 0.2) is 0 Å². The SMILES string of the molecule is CCC1CCCN1Cc1ccc(CCNC(C)C)cc1. The first-order chi connectivity index (χ1) is 9.69. The van der Waals surface area contributed by atoms with Crippen LogP contribution in [-0.2, 0) is 13.0 Å². The summed E-state index contributed by atoms with van der Waals surface area (Å²) in [6.45, 7) is 10.2. The van der Waals surface area contributed by atoms with Gasteiger partial charge in [-0.15, -0.1) is 0 Å². The Hall–Kier alpha value is -0.860. The van der Waals surface area contributed by atoms with Gasteiger partial charge in [-0.05, 0) is 49.9 Å². The van der Waals surface area contributed by atoms with Crippen LogP contribution in [0.25, 0.3) is 0 Å². The molecular formula is C18H30N2. The summed E-state index contributed by atoms with van der Waals surface area (Å²) in [6.07, 6.45) is 5.17. The number of rotatable bonds is 7. The molecule has 2 heteroatoms. The van der Waals surface area contributed by atoms with Crippen LogP contribution >= 0.6 is 0 Å². The van der Waals surface area contributed by atoms with E-state index in [1.54, 1.807) is 0 Å². The van der Waals surface area contributed by atoms with E-state index in [0.717, 1.165) is 25.6 Å². The third-order valence-electron chi connectivity index (χ3n) is 4.35. The average molecular weight is 274 g/mol. The Kier molecular flexibility index (Phi) is 6.06. The van der Waals surface area contributed by atoms with E-state index in [4.69, 9.17) is 0 Å². The van der Waals surface area contributed by atoms with E-state index >= 15 is 0 Å². The van der Waals surface area contributed by atoms with Gasteiger partial charge in [-0.1, -0.05) is 45.0 Å². The minimum Gasteiger partial charge on any atom is -0.314 e. The van der Waals surface area contributed by atoms with Gasteiger partial charge in [-0.2, -0.15) is 0 Å². The number of nitrogens with one attached hydrogen (secondary N) is 1. The molecule has 1 aromatic rings. The summed E-state index contributed by atoms with van der Waals surface area (Å²) >= 11 is 0. The van der Waals surface area contributed by atoms with Gasteiger partial charge in [0.25, 0.3) is 0 Å². The van der Waals surface area contributed by atoms with E-state index in [2.05, 4.69) is 55.3 Å². The Bertz CT molecular complexity index is 383. The zero-order chi connectivity index (χ0) is 14.4. The Labute approximate surface area is 124 Å². The van der Waals surface area contributed by atoms with E-state index < -0.39 is 0 Å². The van der Waals surface area contributed by atoms with Crippen molar-refractivity contribution in [2.24, 2.45) is 0 Å². The molecule has 0 saturated carbocycles. The minimum atomic E-state index is 0.579. The topological polar surface area (TPSA) is 15.3 Å². The summed E-state index contributed by atoms with van der Waals surface area (Å²) in [5.41, 5.74) is 2.90. The van der Waals surface area contributed by atoms with Crippen LogP contribution in [0.5, 0.6) is 0 Å². The lowest BCUT2D eigenvalue weighted by Gasteiger charge is -2.23. The predicted molar refractivity (Wildman–Crippen MR) is 87.0 cm³/mol. The molecule has 1 aliphatic heterocycles. The van der Waals surface area contributed by atoms with Gasteiger partial charge in [-0.3, -0.25) is 4.90 Å². The van der Waals surface area contributed by atoms with Crippen molar-refractivity contribution in [3.05, 3.63) is 35.4 Å². The summed E-state index contributed by atoms with van der Waals surface area (Å²) in [4.78, 5) is 2.65. The van der Waals surface area contributed by atoms with E-state index in [0.29, 0.717) is 6.04 Å². The molecule has 1 saturated heterocycles. The van der Waals surface area contributed by atoms with Crippen LogP contribution in [0.2, 0.25) is 0 Å². The molecule has 0 amide bonds. The van der Waals surface area contributed by atoms with E-state index in [1.165, 1.54) is 36.9 Å². The largest absolute Gasteiger partial charge is 0.314 e. The molecule has 1 aliphatic rings. The van der Waals surface area contributed by atoms with Crippen molar-refractivity contribution >= 4 is 0 Å². The predicted octanol–water partition coefficient (Wildman–Crippen LogP) is 3.60. The average Bonchev–Trinajstić information content (AvgIpc) is 2.87. The smallest absolute Gasteiger partial charge is 0.0236 e. The van der Waals surface area contributed by atoms with Crippen LogP contribution in [0, 0.1) is 0 Å². The third kappa shape index (κ3) is 4.60. The highest BCUT2D eigenvalue weighted by atomic mass is 15.2. The van der Waals surface area contributed by atoms with Crippen molar-refractivity contribution in [3.8, 4) is 0 Å². The second kappa shape index (κ2) is 7.80. The number of hydrogen-bond donors (Lipinski definition) is 1. The molecule has 0 radical (unpaired) electrons. The van der Waals surface area contributed by atoms with Crippen LogP contribution in [0.4, 0.5) is 0 Å². The monoisotopic (exact) mass is 274 g/mol. The standard InChI is InChI=1S/C18H30N2/c1-4-18-6-5-13-20(18)14-17-9-7-16(8-10-17)11-12-19-15(2)3/h7-10,15,18-19H,4-6,11-14H2,1-3H3. The Balaban J connectivity index is 1.82. The maximum atomic E-state index is 3.47. The van der Waals surface area contributed by atoms with Crippen LogP contribution in [0.3, 0.4) is 0 Å². The first-order valence-electron chi connectivity index (χ1n) is 8.24. The van der Waals surface area contributed by atoms with Gasteiger partial charge in [0.2, 0.25) is 0 Å². The first-order valence-corrected chi connectivity index (χ1v) is 8.24. The number of benzene rings is 1. The van der Waals surface area contributed by atoms with Crippen molar-refractivity contribution in [3.63, 3.8) is 0 Å². The van der Waals surface area contributed by atoms with Crippen LogP contribution in [-0.4, -0.2) is 30.1 Å². The third-order valence-corrected chi connectivity index (χ3v) is 4.35. The van der Waals surface area contributed by atoms with Gasteiger partial charge in [0.05, 0.1) is 0 Å². The molecule has 1 fully saturated rings. The maximum Gasteiger partial charge on any atom is 0.0236 e. The van der Waals surface area contributed by atoms with Gasteiger partial charge in [0.1, 0.15) is 0 Å². The molecule has 1 atom stereocenters. The molecule has 0 aromatic heterocycles. The molecule has 0 bridgehead atoms. The summed E-state index contributed by atoms with van der Waals surface area (Å²) < 4.78 is 0. The molecule has 2 nitrogen and oxygen atoms in total. The molecule has 20 heavy (non-hydrogen) atoms. The molecule has 0 aliphatic carbocycles. The summed E-state index contributed by atoms with van der Waals surface area (Å²) in [5, 5.41) is 3.47. The Morgan fingerprint density at radius 2 is 1.90 bits per heavy atom. The summed E-state index contributed by atoms with van der Waals surface area (Å²) in [5.74, 6) is 0. The van der Waals surface area contributed by atoms with E-state index in [-0.39, 0.29) is 0 Å². The number of hydrogen-bond acceptors (Lipinski definition) is 2. The van der Waals surface area contributed by atoms with Crippen molar-refractivity contribution in [1.82, 2.24) is 10.2 Å². The molecule has 1 N–H and O–H groups in total. The molecule has 2 rings (SSSR count). The molecule has 112 valence electrons. The van der Waals surface area contributed by atoms with Crippen molar-refractivity contribution in [2.45, 2.75) is 65.1 Å².